The zero-order valence-electron chi connectivity index (χ0n) is 15.4. The zero-order valence-corrected chi connectivity index (χ0v) is 16.2. The largest absolute Gasteiger partial charge is 0.477 e. The molecule has 25 heavy (non-hydrogen) atoms. The van der Waals surface area contributed by atoms with Crippen LogP contribution in [0, 0.1) is 11.8 Å². The summed E-state index contributed by atoms with van der Waals surface area (Å²) in [6, 6.07) is 1.76. The van der Waals surface area contributed by atoms with Gasteiger partial charge in [-0.15, -0.1) is 11.3 Å². The van der Waals surface area contributed by atoms with E-state index in [-0.39, 0.29) is 22.8 Å². The number of methoxy groups -OCH3 is 1. The molecule has 5 nitrogen and oxygen atoms in total. The van der Waals surface area contributed by atoms with E-state index in [4.69, 9.17) is 4.74 Å². The van der Waals surface area contributed by atoms with Gasteiger partial charge in [0, 0.05) is 19.6 Å². The number of hydrogen-bond acceptors (Lipinski definition) is 4. The second-order valence-corrected chi connectivity index (χ2v) is 7.99. The van der Waals surface area contributed by atoms with Gasteiger partial charge in [0.2, 0.25) is 5.91 Å². The molecule has 0 aliphatic heterocycles. The van der Waals surface area contributed by atoms with Crippen LogP contribution in [0.5, 0.6) is 0 Å². The van der Waals surface area contributed by atoms with Gasteiger partial charge < -0.3 is 14.7 Å². The van der Waals surface area contributed by atoms with Crippen molar-refractivity contribution in [3.63, 3.8) is 0 Å². The van der Waals surface area contributed by atoms with E-state index in [1.807, 2.05) is 6.92 Å². The molecular formula is C19H29NO4S. The molecule has 1 aliphatic carbocycles. The molecule has 1 atom stereocenters. The third-order valence-electron chi connectivity index (χ3n) is 5.16. The molecule has 0 radical (unpaired) electrons. The lowest BCUT2D eigenvalue weighted by molar-refractivity contribution is -0.123. The van der Waals surface area contributed by atoms with Gasteiger partial charge in [-0.25, -0.2) is 4.79 Å². The fraction of sp³-hybridized carbons (Fsp3) is 0.684. The number of nitrogens with zero attached hydrogens (tertiary/aromatic N) is 1. The van der Waals surface area contributed by atoms with Crippen LogP contribution in [-0.4, -0.2) is 36.7 Å². The van der Waals surface area contributed by atoms with Crippen LogP contribution in [0.25, 0.3) is 0 Å². The highest BCUT2D eigenvalue weighted by molar-refractivity contribution is 7.12. The summed E-state index contributed by atoms with van der Waals surface area (Å²) in [7, 11) is 1.68. The van der Waals surface area contributed by atoms with Crippen LogP contribution in [0.2, 0.25) is 0 Å². The second-order valence-electron chi connectivity index (χ2n) is 7.08. The zero-order chi connectivity index (χ0) is 18.4. The number of anilines is 1. The van der Waals surface area contributed by atoms with E-state index < -0.39 is 5.97 Å². The summed E-state index contributed by atoms with van der Waals surface area (Å²) >= 11 is 1.18. The molecule has 140 valence electrons. The third kappa shape index (κ3) is 5.28. The van der Waals surface area contributed by atoms with Gasteiger partial charge in [-0.3, -0.25) is 4.79 Å². The summed E-state index contributed by atoms with van der Waals surface area (Å²) in [5.41, 5.74) is 0.547. The van der Waals surface area contributed by atoms with Gasteiger partial charge in [0.15, 0.2) is 0 Å². The van der Waals surface area contributed by atoms with Gasteiger partial charge in [-0.2, -0.15) is 0 Å². The highest BCUT2D eigenvalue weighted by Crippen LogP contribution is 2.33. The Hall–Kier alpha value is -1.40. The molecule has 0 saturated heterocycles. The van der Waals surface area contributed by atoms with Crippen molar-refractivity contribution in [3.8, 4) is 0 Å². The van der Waals surface area contributed by atoms with E-state index >= 15 is 0 Å². The van der Waals surface area contributed by atoms with Crippen LogP contribution in [0.3, 0.4) is 0 Å². The Labute approximate surface area is 154 Å². The van der Waals surface area contributed by atoms with Crippen LogP contribution >= 0.6 is 11.3 Å². The first-order valence-corrected chi connectivity index (χ1v) is 9.97. The summed E-state index contributed by atoms with van der Waals surface area (Å²) in [6.45, 7) is 4.77. The molecular weight excluding hydrogens is 338 g/mol. The minimum Gasteiger partial charge on any atom is -0.477 e. The molecule has 6 heteroatoms. The number of rotatable bonds is 8. The molecule has 0 spiro atoms. The molecule has 1 fully saturated rings. The first kappa shape index (κ1) is 19.9. The number of hydrogen-bond donors (Lipinski definition) is 1. The van der Waals surface area contributed by atoms with Gasteiger partial charge in [0.05, 0.1) is 11.8 Å². The number of carbonyl (C=O) groups excluding carboxylic acids is 1. The molecule has 0 aromatic carbocycles. The van der Waals surface area contributed by atoms with Crippen molar-refractivity contribution < 1.29 is 19.4 Å². The lowest BCUT2D eigenvalue weighted by Crippen LogP contribution is -2.39. The number of thiophene rings is 1. The molecule has 0 bridgehead atoms. The molecule has 1 saturated carbocycles. The Kier molecular flexibility index (Phi) is 7.44. The van der Waals surface area contributed by atoms with E-state index in [0.29, 0.717) is 18.2 Å². The fourth-order valence-corrected chi connectivity index (χ4v) is 4.14. The average molecular weight is 368 g/mol. The minimum atomic E-state index is -0.967. The summed E-state index contributed by atoms with van der Waals surface area (Å²) in [4.78, 5) is 26.6. The monoisotopic (exact) mass is 367 g/mol. The van der Waals surface area contributed by atoms with Gasteiger partial charge in [-0.1, -0.05) is 6.92 Å². The third-order valence-corrected chi connectivity index (χ3v) is 6.05. The van der Waals surface area contributed by atoms with Crippen LogP contribution in [-0.2, 0) is 9.53 Å². The number of carboxylic acid groups (broad SMARTS) is 1. The molecule has 1 unspecified atom stereocenters. The van der Waals surface area contributed by atoms with Gasteiger partial charge in [0.25, 0.3) is 0 Å². The van der Waals surface area contributed by atoms with E-state index in [0.717, 1.165) is 38.5 Å². The highest BCUT2D eigenvalue weighted by atomic mass is 32.1. The fourth-order valence-electron chi connectivity index (χ4n) is 3.41. The van der Waals surface area contributed by atoms with Gasteiger partial charge in [0.1, 0.15) is 4.88 Å². The van der Waals surface area contributed by atoms with Crippen molar-refractivity contribution in [1.82, 2.24) is 0 Å². The standard InChI is InChI=1S/C19H29NO4S/c1-13-6-8-15(9-7-13)18(21)20(11-4-5-14(2)24-3)16-10-12-25-17(16)19(22)23/h10,12-15H,4-9,11H2,1-3H3,(H,22,23). The molecule has 1 amide bonds. The quantitative estimate of drug-likeness (QED) is 0.738. The molecule has 2 rings (SSSR count). The van der Waals surface area contributed by atoms with Crippen LogP contribution < -0.4 is 4.90 Å². The second kappa shape index (κ2) is 9.34. The maximum atomic E-state index is 13.1. The Morgan fingerprint density at radius 3 is 2.64 bits per heavy atom. The summed E-state index contributed by atoms with van der Waals surface area (Å²) in [5.74, 6) is -0.198. The molecule has 1 heterocycles. The van der Waals surface area contributed by atoms with Gasteiger partial charge in [-0.05, 0) is 62.8 Å². The first-order valence-electron chi connectivity index (χ1n) is 9.09. The van der Waals surface area contributed by atoms with Crippen molar-refractivity contribution in [3.05, 3.63) is 16.3 Å². The maximum absolute atomic E-state index is 13.1. The Bertz CT molecular complexity index is 578. The Balaban J connectivity index is 2.14. The molecule has 1 aromatic rings. The smallest absolute Gasteiger partial charge is 0.348 e. The van der Waals surface area contributed by atoms with E-state index in [1.165, 1.54) is 11.3 Å². The van der Waals surface area contributed by atoms with Crippen molar-refractivity contribution in [2.45, 2.75) is 58.5 Å². The summed E-state index contributed by atoms with van der Waals surface area (Å²) in [6.07, 6.45) is 5.71. The van der Waals surface area contributed by atoms with Crippen LogP contribution in [0.15, 0.2) is 11.4 Å². The van der Waals surface area contributed by atoms with E-state index in [1.54, 1.807) is 23.5 Å². The molecule has 1 N–H and O–H groups in total. The minimum absolute atomic E-state index is 0.0117. The van der Waals surface area contributed by atoms with Crippen LogP contribution in [0.1, 0.15) is 62.0 Å². The van der Waals surface area contributed by atoms with Crippen molar-refractivity contribution in [2.75, 3.05) is 18.6 Å². The highest BCUT2D eigenvalue weighted by Gasteiger charge is 2.31. The normalized spacial score (nSPS) is 21.7. The van der Waals surface area contributed by atoms with Crippen molar-refractivity contribution in [2.24, 2.45) is 11.8 Å². The maximum Gasteiger partial charge on any atom is 0.348 e. The molecule has 1 aliphatic rings. The lowest BCUT2D eigenvalue weighted by Gasteiger charge is -2.31. The number of amides is 1. The SMILES string of the molecule is COC(C)CCCN(C(=O)C1CCC(C)CC1)c1ccsc1C(=O)O. The summed E-state index contributed by atoms with van der Waals surface area (Å²) in [5, 5.41) is 11.2. The topological polar surface area (TPSA) is 66.8 Å². The van der Waals surface area contributed by atoms with E-state index in [2.05, 4.69) is 6.92 Å². The van der Waals surface area contributed by atoms with Crippen molar-refractivity contribution in [1.29, 1.82) is 0 Å². The number of carbonyl (C=O) groups is 2. The molecule has 1 aromatic heterocycles. The lowest BCUT2D eigenvalue weighted by atomic mass is 9.82. The number of carboxylic acids is 1. The number of aromatic carboxylic acids is 1. The predicted octanol–water partition coefficient (Wildman–Crippen LogP) is 4.42. The summed E-state index contributed by atoms with van der Waals surface area (Å²) < 4.78 is 5.28. The van der Waals surface area contributed by atoms with Crippen molar-refractivity contribution >= 4 is 28.9 Å². The Morgan fingerprint density at radius 1 is 1.36 bits per heavy atom. The first-order chi connectivity index (χ1) is 11.9. The van der Waals surface area contributed by atoms with Crippen LogP contribution in [0.4, 0.5) is 5.69 Å². The van der Waals surface area contributed by atoms with Gasteiger partial charge >= 0.3 is 5.97 Å². The number of ether oxygens (including phenoxy) is 1. The van der Waals surface area contributed by atoms with E-state index in [9.17, 15) is 14.7 Å². The predicted molar refractivity (Wildman–Crippen MR) is 100 cm³/mol. The average Bonchev–Trinajstić information content (AvgIpc) is 3.08. The Morgan fingerprint density at radius 2 is 2.04 bits per heavy atom.